The van der Waals surface area contributed by atoms with Crippen LogP contribution in [0.2, 0.25) is 0 Å². The van der Waals surface area contributed by atoms with Gasteiger partial charge in [0, 0.05) is 39.2 Å². The maximum absolute atomic E-state index is 7.03. The molecular formula is C63H45NO. The Balaban J connectivity index is 0.889. The lowest BCUT2D eigenvalue weighted by Crippen LogP contribution is -2.16. The fourth-order valence-electron chi connectivity index (χ4n) is 10.1. The highest BCUT2D eigenvalue weighted by molar-refractivity contribution is 5.95. The first kappa shape index (κ1) is 38.5. The zero-order valence-corrected chi connectivity index (χ0v) is 36.4. The van der Waals surface area contributed by atoms with Crippen molar-refractivity contribution in [3.63, 3.8) is 0 Å². The summed E-state index contributed by atoms with van der Waals surface area (Å²) in [6.45, 7) is 4.70. The number of para-hydroxylation sites is 1. The highest BCUT2D eigenvalue weighted by Gasteiger charge is 2.36. The van der Waals surface area contributed by atoms with E-state index in [1.54, 1.807) is 0 Å². The van der Waals surface area contributed by atoms with Gasteiger partial charge in [0.05, 0.1) is 0 Å². The molecule has 1 aliphatic carbocycles. The Morgan fingerprint density at radius 2 is 0.723 bits per heavy atom. The number of anilines is 3. The molecule has 0 aromatic heterocycles. The maximum Gasteiger partial charge on any atom is 0.143 e. The standard InChI is InChI=1S/C63H45NO/c1-63(2)59-23-12-11-20-55(59)56-39-37-51(41-60(56)63)64(49-33-28-45(29-34-49)42-14-5-3-6-15-42)50-35-30-46(31-36-50)44-24-26-47(27-25-44)52-21-13-22-58-54-19-10-9-18-53(54)57-38-32-48(40-61(57)65-62(52)58)43-16-7-4-8-17-43/h3-41H,1-2H3. The predicted octanol–water partition coefficient (Wildman–Crippen LogP) is 17.6. The van der Waals surface area contributed by atoms with Gasteiger partial charge in [0.2, 0.25) is 0 Å². The molecule has 0 saturated carbocycles. The number of ether oxygens (including phenoxy) is 1. The van der Waals surface area contributed by atoms with Gasteiger partial charge in [-0.2, -0.15) is 0 Å². The van der Waals surface area contributed by atoms with E-state index < -0.39 is 0 Å². The second-order valence-electron chi connectivity index (χ2n) is 17.7. The molecule has 0 spiro atoms. The summed E-state index contributed by atoms with van der Waals surface area (Å²) < 4.78 is 7.03. The van der Waals surface area contributed by atoms with Crippen LogP contribution in [0.1, 0.15) is 25.0 Å². The Morgan fingerprint density at radius 1 is 0.292 bits per heavy atom. The lowest BCUT2D eigenvalue weighted by molar-refractivity contribution is 0.489. The van der Waals surface area contributed by atoms with Crippen molar-refractivity contribution in [3.05, 3.63) is 248 Å². The second kappa shape index (κ2) is 15.6. The Hall–Kier alpha value is -8.20. The molecule has 0 saturated heterocycles. The van der Waals surface area contributed by atoms with Crippen molar-refractivity contribution in [1.82, 2.24) is 0 Å². The van der Waals surface area contributed by atoms with Crippen LogP contribution in [0, 0.1) is 0 Å². The normalized spacial score (nSPS) is 12.7. The highest BCUT2D eigenvalue weighted by atomic mass is 16.5. The largest absolute Gasteiger partial charge is 0.455 e. The number of hydrogen-bond acceptors (Lipinski definition) is 2. The number of nitrogens with zero attached hydrogens (tertiary/aromatic N) is 1. The third-order valence-electron chi connectivity index (χ3n) is 13.5. The Bertz CT molecular complexity index is 3390. The Morgan fingerprint density at radius 3 is 1.37 bits per heavy atom. The van der Waals surface area contributed by atoms with Gasteiger partial charge in [-0.05, 0) is 121 Å². The summed E-state index contributed by atoms with van der Waals surface area (Å²) in [5, 5.41) is 0. The average Bonchev–Trinajstić information content (AvgIpc) is 3.49. The van der Waals surface area contributed by atoms with Crippen molar-refractivity contribution in [3.8, 4) is 89.4 Å². The molecule has 2 nitrogen and oxygen atoms in total. The third-order valence-corrected chi connectivity index (χ3v) is 13.5. The minimum atomic E-state index is -0.105. The van der Waals surface area contributed by atoms with E-state index in [-0.39, 0.29) is 5.41 Å². The summed E-state index contributed by atoms with van der Waals surface area (Å²) in [6.07, 6.45) is 0. The van der Waals surface area contributed by atoms with E-state index in [0.717, 1.165) is 73.1 Å². The second-order valence-corrected chi connectivity index (χ2v) is 17.7. The number of fused-ring (bicyclic) bond motifs is 8. The van der Waals surface area contributed by atoms with Crippen molar-refractivity contribution >= 4 is 17.1 Å². The van der Waals surface area contributed by atoms with Gasteiger partial charge in [0.15, 0.2) is 0 Å². The molecule has 65 heavy (non-hydrogen) atoms. The molecule has 0 amide bonds. The van der Waals surface area contributed by atoms with Crippen molar-refractivity contribution in [2.75, 3.05) is 4.90 Å². The van der Waals surface area contributed by atoms with Crippen LogP contribution in [0.4, 0.5) is 17.1 Å². The number of hydrogen-bond donors (Lipinski definition) is 0. The smallest absolute Gasteiger partial charge is 0.143 e. The number of benzene rings is 10. The summed E-state index contributed by atoms with van der Waals surface area (Å²) in [6, 6.07) is 85.6. The van der Waals surface area contributed by atoms with Crippen LogP contribution in [0.5, 0.6) is 11.5 Å². The van der Waals surface area contributed by atoms with Gasteiger partial charge in [-0.15, -0.1) is 0 Å². The van der Waals surface area contributed by atoms with Gasteiger partial charge in [-0.25, -0.2) is 0 Å². The van der Waals surface area contributed by atoms with Crippen LogP contribution in [-0.2, 0) is 5.41 Å². The fraction of sp³-hybridized carbons (Fsp3) is 0.0476. The molecule has 0 bridgehead atoms. The van der Waals surface area contributed by atoms with Crippen molar-refractivity contribution in [2.45, 2.75) is 19.3 Å². The molecule has 2 aliphatic rings. The van der Waals surface area contributed by atoms with Gasteiger partial charge in [-0.3, -0.25) is 0 Å². The van der Waals surface area contributed by atoms with Gasteiger partial charge in [0.1, 0.15) is 11.5 Å². The molecular weight excluding hydrogens is 787 g/mol. The topological polar surface area (TPSA) is 12.5 Å². The van der Waals surface area contributed by atoms with Gasteiger partial charge in [0.25, 0.3) is 0 Å². The highest BCUT2D eigenvalue weighted by Crippen LogP contribution is 2.52. The fourth-order valence-corrected chi connectivity index (χ4v) is 10.1. The van der Waals surface area contributed by atoms with E-state index in [0.29, 0.717) is 0 Å². The molecule has 0 atom stereocenters. The lowest BCUT2D eigenvalue weighted by atomic mass is 9.82. The SMILES string of the molecule is CC1(C)c2ccccc2-c2ccc(N(c3ccc(-c4ccccc4)cc3)c3ccc(-c4ccc(-c5cccc6c5Oc5cc(-c7ccccc7)ccc5-c5ccccc5-6)cc4)cc3)cc21. The van der Waals surface area contributed by atoms with Crippen LogP contribution in [0.15, 0.2) is 237 Å². The van der Waals surface area contributed by atoms with E-state index in [1.807, 2.05) is 0 Å². The molecule has 10 aromatic rings. The summed E-state index contributed by atoms with van der Waals surface area (Å²) in [7, 11) is 0. The van der Waals surface area contributed by atoms with E-state index in [4.69, 9.17) is 4.74 Å². The summed E-state index contributed by atoms with van der Waals surface area (Å²) >= 11 is 0. The van der Waals surface area contributed by atoms with Gasteiger partial charge in [-0.1, -0.05) is 202 Å². The minimum absolute atomic E-state index is 0.105. The zero-order valence-electron chi connectivity index (χ0n) is 36.4. The van der Waals surface area contributed by atoms with Crippen LogP contribution >= 0.6 is 0 Å². The molecule has 12 rings (SSSR count). The van der Waals surface area contributed by atoms with Crippen molar-refractivity contribution in [2.24, 2.45) is 0 Å². The summed E-state index contributed by atoms with van der Waals surface area (Å²) in [5.41, 5.74) is 22.3. The van der Waals surface area contributed by atoms with E-state index >= 15 is 0 Å². The molecule has 308 valence electrons. The molecule has 0 fully saturated rings. The monoisotopic (exact) mass is 831 g/mol. The van der Waals surface area contributed by atoms with E-state index in [1.165, 1.54) is 44.5 Å². The van der Waals surface area contributed by atoms with Gasteiger partial charge < -0.3 is 9.64 Å². The first-order chi connectivity index (χ1) is 32.0. The van der Waals surface area contributed by atoms with E-state index in [9.17, 15) is 0 Å². The zero-order chi connectivity index (χ0) is 43.5. The van der Waals surface area contributed by atoms with Crippen LogP contribution < -0.4 is 9.64 Å². The molecule has 10 aromatic carbocycles. The van der Waals surface area contributed by atoms with Crippen LogP contribution in [0.25, 0.3) is 77.9 Å². The van der Waals surface area contributed by atoms with E-state index in [2.05, 4.69) is 255 Å². The average molecular weight is 832 g/mol. The van der Waals surface area contributed by atoms with Crippen LogP contribution in [0.3, 0.4) is 0 Å². The quantitative estimate of drug-likeness (QED) is 0.159. The van der Waals surface area contributed by atoms with Crippen molar-refractivity contribution < 1.29 is 4.74 Å². The van der Waals surface area contributed by atoms with Crippen LogP contribution in [-0.4, -0.2) is 0 Å². The molecule has 0 unspecified atom stereocenters. The molecule has 1 aliphatic heterocycles. The minimum Gasteiger partial charge on any atom is -0.455 e. The summed E-state index contributed by atoms with van der Waals surface area (Å²) in [5.74, 6) is 1.73. The first-order valence-electron chi connectivity index (χ1n) is 22.5. The molecule has 1 heterocycles. The Kier molecular flexibility index (Phi) is 9.21. The number of rotatable bonds is 7. The van der Waals surface area contributed by atoms with Gasteiger partial charge >= 0.3 is 0 Å². The third kappa shape index (κ3) is 6.65. The van der Waals surface area contributed by atoms with Crippen molar-refractivity contribution in [1.29, 1.82) is 0 Å². The lowest BCUT2D eigenvalue weighted by Gasteiger charge is -2.28. The first-order valence-corrected chi connectivity index (χ1v) is 22.5. The molecule has 0 radical (unpaired) electrons. The predicted molar refractivity (Wildman–Crippen MR) is 271 cm³/mol. The summed E-state index contributed by atoms with van der Waals surface area (Å²) in [4.78, 5) is 2.39. The maximum atomic E-state index is 7.03. The molecule has 2 heteroatoms. The Labute approximate surface area is 381 Å². The molecule has 0 N–H and O–H groups in total.